The van der Waals surface area contributed by atoms with E-state index >= 15 is 0 Å². The van der Waals surface area contributed by atoms with Gasteiger partial charge in [-0.1, -0.05) is 32.0 Å². The topological polar surface area (TPSA) is 45.6 Å². The number of aliphatic hydroxyl groups is 1. The molecule has 25 heavy (non-hydrogen) atoms. The van der Waals surface area contributed by atoms with Crippen molar-refractivity contribution in [2.75, 3.05) is 13.1 Å². The lowest BCUT2D eigenvalue weighted by atomic mass is 9.71. The second kappa shape index (κ2) is 7.14. The van der Waals surface area contributed by atoms with Gasteiger partial charge in [-0.3, -0.25) is 9.88 Å². The van der Waals surface area contributed by atoms with E-state index < -0.39 is 5.60 Å². The van der Waals surface area contributed by atoms with Gasteiger partial charge in [0.15, 0.2) is 0 Å². The van der Waals surface area contributed by atoms with Crippen LogP contribution >= 0.6 is 0 Å². The minimum Gasteiger partial charge on any atom is -0.487 e. The van der Waals surface area contributed by atoms with E-state index in [-0.39, 0.29) is 5.41 Å². The predicted octanol–water partition coefficient (Wildman–Crippen LogP) is 3.64. The van der Waals surface area contributed by atoms with Crippen LogP contribution in [0.25, 0.3) is 0 Å². The van der Waals surface area contributed by atoms with E-state index in [2.05, 4.69) is 35.9 Å². The van der Waals surface area contributed by atoms with Gasteiger partial charge in [0.25, 0.3) is 0 Å². The molecule has 2 aromatic rings. The maximum Gasteiger partial charge on any atom is 0.130 e. The van der Waals surface area contributed by atoms with Crippen molar-refractivity contribution in [2.45, 2.75) is 45.9 Å². The van der Waals surface area contributed by atoms with Crippen molar-refractivity contribution >= 4 is 0 Å². The van der Waals surface area contributed by atoms with Crippen LogP contribution in [0.5, 0.6) is 5.75 Å². The van der Waals surface area contributed by atoms with Crippen LogP contribution in [0.15, 0.2) is 48.7 Å². The number of hydrogen-bond donors (Lipinski definition) is 1. The van der Waals surface area contributed by atoms with Gasteiger partial charge in [-0.2, -0.15) is 0 Å². The van der Waals surface area contributed by atoms with Gasteiger partial charge < -0.3 is 9.84 Å². The number of ether oxygens (including phenoxy) is 1. The Kier molecular flexibility index (Phi) is 5.11. The van der Waals surface area contributed by atoms with Crippen molar-refractivity contribution < 1.29 is 9.84 Å². The van der Waals surface area contributed by atoms with E-state index in [0.29, 0.717) is 6.61 Å². The van der Waals surface area contributed by atoms with Crippen LogP contribution in [-0.4, -0.2) is 33.7 Å². The number of nitrogens with zero attached hydrogens (tertiary/aromatic N) is 2. The van der Waals surface area contributed by atoms with Crippen molar-refractivity contribution in [2.24, 2.45) is 5.41 Å². The SMILES string of the molecule is CC1(C)CN(Cc2ccc(OCc3ccccn3)cc2)CC[C@@]1(C)O. The molecule has 4 heteroatoms. The van der Waals surface area contributed by atoms with Crippen LogP contribution in [0.2, 0.25) is 0 Å². The van der Waals surface area contributed by atoms with Gasteiger partial charge in [-0.15, -0.1) is 0 Å². The molecule has 134 valence electrons. The average Bonchev–Trinajstić information content (AvgIpc) is 2.59. The maximum atomic E-state index is 10.5. The van der Waals surface area contributed by atoms with E-state index in [4.69, 9.17) is 4.74 Å². The van der Waals surface area contributed by atoms with Gasteiger partial charge in [-0.25, -0.2) is 0 Å². The number of piperidine rings is 1. The largest absolute Gasteiger partial charge is 0.487 e. The first kappa shape index (κ1) is 17.9. The van der Waals surface area contributed by atoms with Gasteiger partial charge in [0.05, 0.1) is 11.3 Å². The highest BCUT2D eigenvalue weighted by molar-refractivity contribution is 5.27. The smallest absolute Gasteiger partial charge is 0.130 e. The number of benzene rings is 1. The maximum absolute atomic E-state index is 10.5. The standard InChI is InChI=1S/C21H28N2O2/c1-20(2)16-23(13-11-21(20,3)24)14-17-7-9-19(10-8-17)25-15-18-6-4-5-12-22-18/h4-10,12,24H,11,13-16H2,1-3H3/t21-/m1/s1. The Morgan fingerprint density at radius 3 is 2.52 bits per heavy atom. The fraction of sp³-hybridized carbons (Fsp3) is 0.476. The molecule has 1 N–H and O–H groups in total. The van der Waals surface area contributed by atoms with Crippen LogP contribution in [0, 0.1) is 5.41 Å². The molecule has 3 rings (SSSR count). The minimum atomic E-state index is -0.591. The zero-order valence-electron chi connectivity index (χ0n) is 15.4. The Morgan fingerprint density at radius 1 is 1.12 bits per heavy atom. The molecule has 1 atom stereocenters. The molecule has 0 bridgehead atoms. The highest BCUT2D eigenvalue weighted by atomic mass is 16.5. The fourth-order valence-electron chi connectivity index (χ4n) is 3.25. The third kappa shape index (κ3) is 4.39. The molecule has 1 fully saturated rings. The lowest BCUT2D eigenvalue weighted by Gasteiger charge is -2.48. The molecular weight excluding hydrogens is 312 g/mol. The molecule has 0 spiro atoms. The van der Waals surface area contributed by atoms with E-state index in [1.807, 2.05) is 37.3 Å². The number of hydrogen-bond acceptors (Lipinski definition) is 4. The second-order valence-corrected chi connectivity index (χ2v) is 7.87. The number of aromatic nitrogens is 1. The molecule has 2 heterocycles. The van der Waals surface area contributed by atoms with Gasteiger partial charge in [0.2, 0.25) is 0 Å². The molecule has 0 saturated carbocycles. The molecule has 0 radical (unpaired) electrons. The summed E-state index contributed by atoms with van der Waals surface area (Å²) < 4.78 is 5.79. The van der Waals surface area contributed by atoms with Gasteiger partial charge in [-0.05, 0) is 43.2 Å². The summed E-state index contributed by atoms with van der Waals surface area (Å²) in [5, 5.41) is 10.5. The normalized spacial score (nSPS) is 23.4. The molecule has 0 amide bonds. The van der Waals surface area contributed by atoms with Crippen molar-refractivity contribution in [1.82, 2.24) is 9.88 Å². The average molecular weight is 340 g/mol. The zero-order valence-corrected chi connectivity index (χ0v) is 15.4. The zero-order chi connectivity index (χ0) is 17.9. The third-order valence-electron chi connectivity index (χ3n) is 5.43. The van der Waals surface area contributed by atoms with Crippen LogP contribution in [0.1, 0.15) is 38.4 Å². The molecular formula is C21H28N2O2. The fourth-order valence-corrected chi connectivity index (χ4v) is 3.25. The first-order chi connectivity index (χ1) is 11.9. The molecule has 1 aliphatic heterocycles. The van der Waals surface area contributed by atoms with Crippen molar-refractivity contribution in [3.05, 3.63) is 59.9 Å². The summed E-state index contributed by atoms with van der Waals surface area (Å²) >= 11 is 0. The number of rotatable bonds is 5. The number of likely N-dealkylation sites (tertiary alicyclic amines) is 1. The Morgan fingerprint density at radius 2 is 1.88 bits per heavy atom. The molecule has 1 aromatic carbocycles. The van der Waals surface area contributed by atoms with Crippen LogP contribution < -0.4 is 4.74 Å². The first-order valence-corrected chi connectivity index (χ1v) is 8.92. The Hall–Kier alpha value is -1.91. The summed E-state index contributed by atoms with van der Waals surface area (Å²) in [5.74, 6) is 0.858. The summed E-state index contributed by atoms with van der Waals surface area (Å²) in [4.78, 5) is 6.68. The molecule has 0 unspecified atom stereocenters. The highest BCUT2D eigenvalue weighted by Gasteiger charge is 2.43. The molecule has 1 saturated heterocycles. The van der Waals surface area contributed by atoms with Crippen molar-refractivity contribution in [3.63, 3.8) is 0 Å². The van der Waals surface area contributed by atoms with Gasteiger partial charge in [0, 0.05) is 31.2 Å². The molecule has 1 aromatic heterocycles. The molecule has 1 aliphatic rings. The van der Waals surface area contributed by atoms with Crippen LogP contribution in [0.3, 0.4) is 0 Å². The summed E-state index contributed by atoms with van der Waals surface area (Å²) in [6.45, 7) is 9.46. The van der Waals surface area contributed by atoms with E-state index in [1.54, 1.807) is 6.20 Å². The van der Waals surface area contributed by atoms with E-state index in [9.17, 15) is 5.11 Å². The summed E-state index contributed by atoms with van der Waals surface area (Å²) in [5.41, 5.74) is 1.50. The second-order valence-electron chi connectivity index (χ2n) is 7.87. The number of pyridine rings is 1. The van der Waals surface area contributed by atoms with E-state index in [1.165, 1.54) is 5.56 Å². The Balaban J connectivity index is 1.54. The molecule has 4 nitrogen and oxygen atoms in total. The highest BCUT2D eigenvalue weighted by Crippen LogP contribution is 2.38. The summed E-state index contributed by atoms with van der Waals surface area (Å²) in [6.07, 6.45) is 2.59. The Labute approximate surface area is 150 Å². The van der Waals surface area contributed by atoms with Crippen LogP contribution in [0.4, 0.5) is 0 Å². The first-order valence-electron chi connectivity index (χ1n) is 8.92. The monoisotopic (exact) mass is 340 g/mol. The molecule has 0 aliphatic carbocycles. The third-order valence-corrected chi connectivity index (χ3v) is 5.43. The van der Waals surface area contributed by atoms with Crippen LogP contribution in [-0.2, 0) is 13.2 Å². The van der Waals surface area contributed by atoms with E-state index in [0.717, 1.165) is 37.5 Å². The van der Waals surface area contributed by atoms with Gasteiger partial charge >= 0.3 is 0 Å². The lowest BCUT2D eigenvalue weighted by Crippen LogP contribution is -2.55. The van der Waals surface area contributed by atoms with Crippen molar-refractivity contribution in [1.29, 1.82) is 0 Å². The lowest BCUT2D eigenvalue weighted by molar-refractivity contribution is -0.107. The van der Waals surface area contributed by atoms with Gasteiger partial charge in [0.1, 0.15) is 12.4 Å². The quantitative estimate of drug-likeness (QED) is 0.902. The van der Waals surface area contributed by atoms with Crippen molar-refractivity contribution in [3.8, 4) is 5.75 Å². The Bertz CT molecular complexity index is 681. The predicted molar refractivity (Wildman–Crippen MR) is 99.3 cm³/mol. The summed E-state index contributed by atoms with van der Waals surface area (Å²) in [7, 11) is 0. The minimum absolute atomic E-state index is 0.100. The summed E-state index contributed by atoms with van der Waals surface area (Å²) in [6, 6.07) is 14.1.